The number of carbonyl (C=O) groups is 4. The summed E-state index contributed by atoms with van der Waals surface area (Å²) in [6, 6.07) is 25.1. The minimum absolute atomic E-state index is 0.0594. The summed E-state index contributed by atoms with van der Waals surface area (Å²) in [6.45, 7) is 0.644. The highest BCUT2D eigenvalue weighted by atomic mass is 16.5. The van der Waals surface area contributed by atoms with Gasteiger partial charge in [0.05, 0.1) is 24.3 Å². The molecule has 6 rings (SSSR count). The standard InChI is InChI=1S/C36H30O6/c37-33-25-15-7-5-13-23(25)31-27(33)17-11-19-29(31)35(39)41-21-9-3-1-2-4-10-22-42-36(40)30-20-12-18-28-32(30)24-14-6-8-16-26(24)34(28)38/h5-8,11-20H,1-4,9-10,21-22H2. The molecule has 0 unspecified atom stereocenters. The SMILES string of the molecule is O=C(OCCCCCCCCOC(=O)c1cccc2c1-c1ccccc1C2=O)c1cccc2c1-c1ccccc1C2=O. The van der Waals surface area contributed by atoms with E-state index >= 15 is 0 Å². The van der Waals surface area contributed by atoms with Crippen LogP contribution in [0.1, 0.15) is 91.1 Å². The van der Waals surface area contributed by atoms with Gasteiger partial charge in [-0.3, -0.25) is 9.59 Å². The van der Waals surface area contributed by atoms with Gasteiger partial charge in [0, 0.05) is 33.4 Å². The molecule has 0 bridgehead atoms. The van der Waals surface area contributed by atoms with Crippen molar-refractivity contribution in [3.05, 3.63) is 118 Å². The molecule has 6 heteroatoms. The Morgan fingerprint density at radius 3 is 1.21 bits per heavy atom. The molecule has 0 aliphatic heterocycles. The third kappa shape index (κ3) is 5.05. The van der Waals surface area contributed by atoms with E-state index in [1.807, 2.05) is 36.4 Å². The smallest absolute Gasteiger partial charge is 0.338 e. The van der Waals surface area contributed by atoms with Crippen molar-refractivity contribution in [1.29, 1.82) is 0 Å². The van der Waals surface area contributed by atoms with Crippen LogP contribution in [0.5, 0.6) is 0 Å². The first-order chi connectivity index (χ1) is 20.6. The molecule has 42 heavy (non-hydrogen) atoms. The Kier molecular flexibility index (Phi) is 7.78. The molecule has 0 N–H and O–H groups in total. The van der Waals surface area contributed by atoms with Crippen LogP contribution >= 0.6 is 0 Å². The van der Waals surface area contributed by atoms with Gasteiger partial charge in [0.15, 0.2) is 11.6 Å². The summed E-state index contributed by atoms with van der Waals surface area (Å²) >= 11 is 0. The van der Waals surface area contributed by atoms with Crippen LogP contribution in [-0.4, -0.2) is 36.7 Å². The van der Waals surface area contributed by atoms with Gasteiger partial charge in [0.1, 0.15) is 0 Å². The van der Waals surface area contributed by atoms with Crippen molar-refractivity contribution in [1.82, 2.24) is 0 Å². The Labute approximate surface area is 244 Å². The van der Waals surface area contributed by atoms with Crippen molar-refractivity contribution >= 4 is 23.5 Å². The second kappa shape index (κ2) is 12.0. The third-order valence-corrected chi connectivity index (χ3v) is 7.95. The highest BCUT2D eigenvalue weighted by Crippen LogP contribution is 2.40. The highest BCUT2D eigenvalue weighted by molar-refractivity contribution is 6.25. The zero-order valence-corrected chi connectivity index (χ0v) is 23.2. The molecule has 2 aliphatic rings. The average molecular weight is 559 g/mol. The molecule has 0 fully saturated rings. The number of rotatable bonds is 11. The van der Waals surface area contributed by atoms with Crippen LogP contribution in [0.15, 0.2) is 84.9 Å². The van der Waals surface area contributed by atoms with E-state index in [0.717, 1.165) is 49.7 Å². The first-order valence-corrected chi connectivity index (χ1v) is 14.4. The average Bonchev–Trinajstić information content (AvgIpc) is 3.49. The number of ketones is 2. The monoisotopic (exact) mass is 558 g/mol. The van der Waals surface area contributed by atoms with E-state index in [0.29, 0.717) is 57.7 Å². The summed E-state index contributed by atoms with van der Waals surface area (Å²) in [5.41, 5.74) is 6.08. The van der Waals surface area contributed by atoms with Crippen molar-refractivity contribution in [2.75, 3.05) is 13.2 Å². The molecule has 6 nitrogen and oxygen atoms in total. The molecule has 0 aromatic heterocycles. The van der Waals surface area contributed by atoms with Gasteiger partial charge in [0.25, 0.3) is 0 Å². The Hall–Kier alpha value is -4.84. The van der Waals surface area contributed by atoms with E-state index in [1.54, 1.807) is 48.5 Å². The minimum Gasteiger partial charge on any atom is -0.462 e. The molecular formula is C36H30O6. The largest absolute Gasteiger partial charge is 0.462 e. The van der Waals surface area contributed by atoms with E-state index in [2.05, 4.69) is 0 Å². The zero-order chi connectivity index (χ0) is 29.1. The van der Waals surface area contributed by atoms with Gasteiger partial charge in [-0.15, -0.1) is 0 Å². The lowest BCUT2D eigenvalue weighted by Crippen LogP contribution is -2.09. The molecule has 0 saturated heterocycles. The van der Waals surface area contributed by atoms with Gasteiger partial charge in [-0.2, -0.15) is 0 Å². The topological polar surface area (TPSA) is 86.7 Å². The van der Waals surface area contributed by atoms with E-state index in [9.17, 15) is 19.2 Å². The van der Waals surface area contributed by atoms with Crippen LogP contribution in [0, 0.1) is 0 Å². The summed E-state index contributed by atoms with van der Waals surface area (Å²) in [4.78, 5) is 51.0. The first-order valence-electron chi connectivity index (χ1n) is 14.4. The van der Waals surface area contributed by atoms with Crippen molar-refractivity contribution in [3.63, 3.8) is 0 Å². The van der Waals surface area contributed by atoms with Crippen molar-refractivity contribution in [3.8, 4) is 22.3 Å². The number of fused-ring (bicyclic) bond motifs is 6. The van der Waals surface area contributed by atoms with Crippen LogP contribution in [0.3, 0.4) is 0 Å². The van der Waals surface area contributed by atoms with Crippen LogP contribution < -0.4 is 0 Å². The fraction of sp³-hybridized carbons (Fsp3) is 0.222. The molecular weight excluding hydrogens is 528 g/mol. The maximum absolute atomic E-state index is 12.8. The molecule has 4 aromatic carbocycles. The van der Waals surface area contributed by atoms with Crippen LogP contribution in [-0.2, 0) is 9.47 Å². The van der Waals surface area contributed by atoms with E-state index in [-0.39, 0.29) is 11.6 Å². The Bertz CT molecular complexity index is 1590. The van der Waals surface area contributed by atoms with E-state index in [4.69, 9.17) is 9.47 Å². The number of esters is 2. The normalized spacial score (nSPS) is 12.4. The number of unbranched alkanes of at least 4 members (excludes halogenated alkanes) is 5. The van der Waals surface area contributed by atoms with Gasteiger partial charge in [-0.05, 0) is 36.1 Å². The first kappa shape index (κ1) is 27.3. The predicted octanol–water partition coefficient (Wildman–Crippen LogP) is 7.46. The van der Waals surface area contributed by atoms with Crippen LogP contribution in [0.4, 0.5) is 0 Å². The number of hydrogen-bond donors (Lipinski definition) is 0. The van der Waals surface area contributed by atoms with Crippen molar-refractivity contribution < 1.29 is 28.7 Å². The molecule has 4 aromatic rings. The lowest BCUT2D eigenvalue weighted by atomic mass is 9.99. The fourth-order valence-corrected chi connectivity index (χ4v) is 5.89. The summed E-state index contributed by atoms with van der Waals surface area (Å²) < 4.78 is 11.1. The zero-order valence-electron chi connectivity index (χ0n) is 23.2. The molecule has 2 aliphatic carbocycles. The highest BCUT2D eigenvalue weighted by Gasteiger charge is 2.31. The van der Waals surface area contributed by atoms with Gasteiger partial charge < -0.3 is 9.47 Å². The van der Waals surface area contributed by atoms with Crippen LogP contribution in [0.25, 0.3) is 22.3 Å². The summed E-state index contributed by atoms with van der Waals surface area (Å²) in [5, 5.41) is 0. The number of hydrogen-bond acceptors (Lipinski definition) is 6. The number of benzene rings is 4. The number of carbonyl (C=O) groups excluding carboxylic acids is 4. The minimum atomic E-state index is -0.407. The Balaban J connectivity index is 0.902. The molecule has 210 valence electrons. The van der Waals surface area contributed by atoms with E-state index < -0.39 is 11.9 Å². The quantitative estimate of drug-likeness (QED) is 0.121. The maximum Gasteiger partial charge on any atom is 0.338 e. The summed E-state index contributed by atoms with van der Waals surface area (Å²) in [5.74, 6) is -0.933. The molecule has 0 atom stereocenters. The predicted molar refractivity (Wildman–Crippen MR) is 159 cm³/mol. The second-order valence-corrected chi connectivity index (χ2v) is 10.6. The summed E-state index contributed by atoms with van der Waals surface area (Å²) in [7, 11) is 0. The lowest BCUT2D eigenvalue weighted by molar-refractivity contribution is 0.0485. The third-order valence-electron chi connectivity index (χ3n) is 7.95. The Morgan fingerprint density at radius 1 is 0.429 bits per heavy atom. The van der Waals surface area contributed by atoms with Gasteiger partial charge in [-0.1, -0.05) is 98.5 Å². The van der Waals surface area contributed by atoms with Crippen LogP contribution in [0.2, 0.25) is 0 Å². The van der Waals surface area contributed by atoms with Gasteiger partial charge >= 0.3 is 11.9 Å². The number of ether oxygens (including phenoxy) is 2. The Morgan fingerprint density at radius 2 is 0.786 bits per heavy atom. The molecule has 0 spiro atoms. The molecule has 0 saturated carbocycles. The summed E-state index contributed by atoms with van der Waals surface area (Å²) in [6.07, 6.45) is 5.32. The van der Waals surface area contributed by atoms with E-state index in [1.165, 1.54) is 0 Å². The van der Waals surface area contributed by atoms with Gasteiger partial charge in [0.2, 0.25) is 0 Å². The van der Waals surface area contributed by atoms with Crippen molar-refractivity contribution in [2.45, 2.75) is 38.5 Å². The van der Waals surface area contributed by atoms with Crippen molar-refractivity contribution in [2.24, 2.45) is 0 Å². The second-order valence-electron chi connectivity index (χ2n) is 10.6. The fourth-order valence-electron chi connectivity index (χ4n) is 5.89. The lowest BCUT2D eigenvalue weighted by Gasteiger charge is -2.10. The maximum atomic E-state index is 12.8. The molecule has 0 radical (unpaired) electrons. The van der Waals surface area contributed by atoms with Gasteiger partial charge in [-0.25, -0.2) is 9.59 Å². The molecule has 0 amide bonds. The molecule has 0 heterocycles.